The first-order chi connectivity index (χ1) is 38.8. The molecule has 0 aliphatic rings. The van der Waals surface area contributed by atoms with Crippen LogP contribution in [0.5, 0.6) is 23.0 Å². The van der Waals surface area contributed by atoms with Crippen molar-refractivity contribution in [1.29, 1.82) is 0 Å². The first kappa shape index (κ1) is 60.8. The molecule has 6 aromatic carbocycles. The third-order valence-electron chi connectivity index (χ3n) is 11.5. The standard InChI is InChI=1S/C62H66O18/c1-43(63)73-33-25-69-29-37-77-57-23-21-55(41-59(57)79-39-31-71-27-35-75-45(3)65)61(67)53-17-13-51(14-18-53)49-9-5-47(6-10-49)48-7-11-50(12-8-48)52-15-19-54(20-16-52)62(68)56-22-24-58(78-38-30-70-26-34-74-44(2)64)60(42-56)80-40-32-72-28-36-76-46(4)66/h5-24,41-42H,25-40H2,1-4H3. The Kier molecular flexibility index (Phi) is 25.2. The smallest absolute Gasteiger partial charge is 0.302 e. The quantitative estimate of drug-likeness (QED) is 0.0157. The molecule has 80 heavy (non-hydrogen) atoms. The lowest BCUT2D eigenvalue weighted by molar-refractivity contribution is -0.143. The maximum Gasteiger partial charge on any atom is 0.302 e. The van der Waals surface area contributed by atoms with Crippen molar-refractivity contribution >= 4 is 35.4 Å². The minimum Gasteiger partial charge on any atom is -0.487 e. The van der Waals surface area contributed by atoms with Gasteiger partial charge in [0, 0.05) is 49.9 Å². The second-order valence-corrected chi connectivity index (χ2v) is 17.5. The molecule has 0 atom stereocenters. The molecule has 0 amide bonds. The highest BCUT2D eigenvalue weighted by molar-refractivity contribution is 6.10. The van der Waals surface area contributed by atoms with Crippen LogP contribution in [0.15, 0.2) is 133 Å². The molecule has 0 saturated carbocycles. The van der Waals surface area contributed by atoms with Gasteiger partial charge in [0.2, 0.25) is 0 Å². The molecule has 6 rings (SSSR count). The number of ketones is 2. The average Bonchev–Trinajstić information content (AvgIpc) is 3.46. The average molecular weight is 1100 g/mol. The third-order valence-corrected chi connectivity index (χ3v) is 11.5. The Morgan fingerprint density at radius 3 is 0.713 bits per heavy atom. The number of rotatable bonds is 35. The Labute approximate surface area is 465 Å². The van der Waals surface area contributed by atoms with Crippen LogP contribution in [0.1, 0.15) is 59.5 Å². The lowest BCUT2D eigenvalue weighted by Gasteiger charge is -2.15. The molecule has 0 spiro atoms. The van der Waals surface area contributed by atoms with Crippen molar-refractivity contribution in [2.24, 2.45) is 0 Å². The lowest BCUT2D eigenvalue weighted by atomic mass is 9.96. The SMILES string of the molecule is CC(=O)OCCOCCOc1ccc(C(=O)c2ccc(-c3ccc(-c4ccc(-c5ccc(C(=O)c6ccc(OCCOCCOC(C)=O)c(OCCOCCOC(C)=O)c6)cc5)cc4)cc3)cc2)cc1OCCOCCOC(C)=O. The molecule has 0 unspecified atom stereocenters. The first-order valence-corrected chi connectivity index (χ1v) is 26.0. The van der Waals surface area contributed by atoms with Gasteiger partial charge in [-0.1, -0.05) is 97.1 Å². The van der Waals surface area contributed by atoms with Crippen molar-refractivity contribution in [3.8, 4) is 56.4 Å². The van der Waals surface area contributed by atoms with Crippen LogP contribution in [-0.4, -0.2) is 141 Å². The Bertz CT molecular complexity index is 2730. The predicted octanol–water partition coefficient (Wildman–Crippen LogP) is 8.98. The van der Waals surface area contributed by atoms with Gasteiger partial charge in [-0.25, -0.2) is 0 Å². The maximum atomic E-state index is 13.8. The molecule has 18 heteroatoms. The van der Waals surface area contributed by atoms with E-state index < -0.39 is 11.9 Å². The minimum absolute atomic E-state index is 0.125. The number of carbonyl (C=O) groups is 6. The van der Waals surface area contributed by atoms with Crippen LogP contribution in [-0.2, 0) is 57.1 Å². The first-order valence-electron chi connectivity index (χ1n) is 26.0. The number of benzene rings is 6. The minimum atomic E-state index is -0.392. The topological polar surface area (TPSA) is 213 Å². The van der Waals surface area contributed by atoms with Crippen LogP contribution in [0.3, 0.4) is 0 Å². The Morgan fingerprint density at radius 2 is 0.463 bits per heavy atom. The summed E-state index contributed by atoms with van der Waals surface area (Å²) in [5, 5.41) is 0. The fourth-order valence-corrected chi connectivity index (χ4v) is 7.66. The van der Waals surface area contributed by atoms with Crippen LogP contribution in [0.2, 0.25) is 0 Å². The van der Waals surface area contributed by atoms with Crippen LogP contribution in [0.25, 0.3) is 33.4 Å². The third kappa shape index (κ3) is 20.8. The number of carbonyl (C=O) groups excluding carboxylic acids is 6. The van der Waals surface area contributed by atoms with Gasteiger partial charge in [-0.05, 0) is 69.8 Å². The van der Waals surface area contributed by atoms with E-state index in [4.69, 9.17) is 56.8 Å². The van der Waals surface area contributed by atoms with Crippen LogP contribution in [0, 0.1) is 0 Å². The molecule has 0 aromatic heterocycles. The lowest BCUT2D eigenvalue weighted by Crippen LogP contribution is -2.14. The molecular weight excluding hydrogens is 1030 g/mol. The van der Waals surface area contributed by atoms with Crippen molar-refractivity contribution in [3.63, 3.8) is 0 Å². The van der Waals surface area contributed by atoms with Crippen molar-refractivity contribution in [3.05, 3.63) is 156 Å². The molecule has 422 valence electrons. The highest BCUT2D eigenvalue weighted by Gasteiger charge is 2.17. The van der Waals surface area contributed by atoms with E-state index in [1.165, 1.54) is 27.7 Å². The van der Waals surface area contributed by atoms with E-state index in [1.807, 2.05) is 48.5 Å². The van der Waals surface area contributed by atoms with Gasteiger partial charge in [0.15, 0.2) is 34.6 Å². The summed E-state index contributed by atoms with van der Waals surface area (Å²) in [5.74, 6) is -0.477. The molecule has 0 aliphatic heterocycles. The normalized spacial score (nSPS) is 10.8. The fraction of sp³-hybridized carbons (Fsp3) is 0.323. The zero-order valence-corrected chi connectivity index (χ0v) is 45.4. The van der Waals surface area contributed by atoms with Crippen molar-refractivity contribution in [1.82, 2.24) is 0 Å². The van der Waals surface area contributed by atoms with E-state index in [1.54, 1.807) is 60.7 Å². The highest BCUT2D eigenvalue weighted by Crippen LogP contribution is 2.33. The monoisotopic (exact) mass is 1100 g/mol. The summed E-state index contributed by atoms with van der Waals surface area (Å²) >= 11 is 0. The molecule has 6 aromatic rings. The van der Waals surface area contributed by atoms with Crippen LogP contribution in [0.4, 0.5) is 0 Å². The van der Waals surface area contributed by atoms with Gasteiger partial charge in [0.25, 0.3) is 0 Å². The van der Waals surface area contributed by atoms with E-state index in [2.05, 4.69) is 24.3 Å². The summed E-state index contributed by atoms with van der Waals surface area (Å²) in [7, 11) is 0. The number of esters is 4. The molecule has 0 heterocycles. The maximum absolute atomic E-state index is 13.8. The molecular formula is C62H66O18. The molecule has 18 nitrogen and oxygen atoms in total. The van der Waals surface area contributed by atoms with Crippen molar-refractivity contribution in [2.75, 3.05) is 106 Å². The predicted molar refractivity (Wildman–Crippen MR) is 294 cm³/mol. The van der Waals surface area contributed by atoms with Gasteiger partial charge in [-0.15, -0.1) is 0 Å². The second-order valence-electron chi connectivity index (χ2n) is 17.5. The van der Waals surface area contributed by atoms with Crippen molar-refractivity contribution < 1.29 is 85.6 Å². The Balaban J connectivity index is 1.04. The van der Waals surface area contributed by atoms with Crippen molar-refractivity contribution in [2.45, 2.75) is 27.7 Å². The van der Waals surface area contributed by atoms with Gasteiger partial charge in [-0.2, -0.15) is 0 Å². The zero-order valence-electron chi connectivity index (χ0n) is 45.4. The molecule has 0 aliphatic carbocycles. The Morgan fingerprint density at radius 1 is 0.250 bits per heavy atom. The molecule has 0 bridgehead atoms. The Hall–Kier alpha value is -8.42. The number of hydrogen-bond donors (Lipinski definition) is 0. The largest absolute Gasteiger partial charge is 0.487 e. The summed E-state index contributed by atoms with van der Waals surface area (Å²) in [6, 6.07) is 41.1. The zero-order chi connectivity index (χ0) is 56.9. The molecule has 0 radical (unpaired) electrons. The summed E-state index contributed by atoms with van der Waals surface area (Å²) < 4.78 is 65.3. The fourth-order valence-electron chi connectivity index (χ4n) is 7.66. The van der Waals surface area contributed by atoms with Gasteiger partial charge in [0.05, 0.1) is 52.9 Å². The van der Waals surface area contributed by atoms with Gasteiger partial charge < -0.3 is 56.8 Å². The van der Waals surface area contributed by atoms with E-state index in [-0.39, 0.29) is 129 Å². The molecule has 0 saturated heterocycles. The van der Waals surface area contributed by atoms with E-state index >= 15 is 0 Å². The van der Waals surface area contributed by atoms with E-state index in [0.29, 0.717) is 45.3 Å². The van der Waals surface area contributed by atoms with Gasteiger partial charge in [0.1, 0.15) is 52.9 Å². The van der Waals surface area contributed by atoms with Gasteiger partial charge in [-0.3, -0.25) is 28.8 Å². The van der Waals surface area contributed by atoms with Crippen LogP contribution < -0.4 is 18.9 Å². The molecule has 0 fully saturated rings. The summed E-state index contributed by atoms with van der Waals surface area (Å²) in [5.41, 5.74) is 7.64. The summed E-state index contributed by atoms with van der Waals surface area (Å²) in [4.78, 5) is 71.6. The number of hydrogen-bond acceptors (Lipinski definition) is 18. The second kappa shape index (κ2) is 33.1. The summed E-state index contributed by atoms with van der Waals surface area (Å²) in [6.07, 6.45) is 0. The molecule has 0 N–H and O–H groups in total. The number of ether oxygens (including phenoxy) is 12. The highest BCUT2D eigenvalue weighted by atomic mass is 16.6. The van der Waals surface area contributed by atoms with E-state index in [0.717, 1.165) is 33.4 Å². The van der Waals surface area contributed by atoms with Gasteiger partial charge >= 0.3 is 23.9 Å². The van der Waals surface area contributed by atoms with E-state index in [9.17, 15) is 28.8 Å². The summed E-state index contributed by atoms with van der Waals surface area (Å²) in [6.45, 7) is 8.20. The van der Waals surface area contributed by atoms with Crippen LogP contribution >= 0.6 is 0 Å².